The molecule has 21 heavy (non-hydrogen) atoms. The van der Waals surface area contributed by atoms with Crippen LogP contribution in [0.15, 0.2) is 47.2 Å². The fraction of sp³-hybridized carbons (Fsp3) is 0.375. The molecule has 0 aromatic heterocycles. The van der Waals surface area contributed by atoms with Crippen molar-refractivity contribution in [3.8, 4) is 0 Å². The zero-order chi connectivity index (χ0) is 16.1. The molecule has 0 radical (unpaired) electrons. The number of amides is 1. The van der Waals surface area contributed by atoms with Crippen molar-refractivity contribution < 1.29 is 4.79 Å². The third-order valence-electron chi connectivity index (χ3n) is 2.53. The highest BCUT2D eigenvalue weighted by Gasteiger charge is 2.14. The Balaban J connectivity index is 0.000000579. The van der Waals surface area contributed by atoms with Crippen LogP contribution >= 0.6 is 0 Å². The first-order valence-electron chi connectivity index (χ1n) is 7.18. The number of para-hydroxylation sites is 1. The number of nitrogens with one attached hydrogen (secondary N) is 1. The van der Waals surface area contributed by atoms with Crippen molar-refractivity contribution in [2.45, 2.75) is 40.0 Å². The van der Waals surface area contributed by atoms with Gasteiger partial charge in [0.15, 0.2) is 0 Å². The maximum absolute atomic E-state index is 9.22. The number of benzene rings is 1. The van der Waals surface area contributed by atoms with Crippen LogP contribution in [0.3, 0.4) is 0 Å². The van der Waals surface area contributed by atoms with Crippen molar-refractivity contribution in [2.75, 3.05) is 5.43 Å². The third kappa shape index (κ3) is 8.47. The first-order chi connectivity index (χ1) is 10.1. The van der Waals surface area contributed by atoms with Gasteiger partial charge in [0, 0.05) is 6.92 Å². The van der Waals surface area contributed by atoms with E-state index in [1.807, 2.05) is 44.2 Å². The predicted octanol–water partition coefficient (Wildman–Crippen LogP) is 3.00. The monoisotopic (exact) mass is 290 g/mol. The standard InChI is InChI=1S/C12H15N3.C2H5NO.C2H6/c13-9-10-5-4-8-12(10)15-14-11-6-2-1-3-7-11;1-2(3)4;1-2/h1-3,6-7,9,14H,4-5,8,13H2;1H3,(H2,3,4);1-2H3/b10-9+,15-12-;;. The summed E-state index contributed by atoms with van der Waals surface area (Å²) in [5.41, 5.74) is 16.3. The zero-order valence-corrected chi connectivity index (χ0v) is 13.1. The van der Waals surface area contributed by atoms with Crippen molar-refractivity contribution in [2.24, 2.45) is 16.6 Å². The number of nitrogens with zero attached hydrogens (tertiary/aromatic N) is 1. The van der Waals surface area contributed by atoms with Crippen molar-refractivity contribution >= 4 is 17.3 Å². The normalized spacial score (nSPS) is 16.5. The molecule has 1 aromatic rings. The highest BCUT2D eigenvalue weighted by molar-refractivity contribution is 6.02. The van der Waals surface area contributed by atoms with E-state index in [0.29, 0.717) is 0 Å². The second-order valence-corrected chi connectivity index (χ2v) is 4.19. The van der Waals surface area contributed by atoms with Gasteiger partial charge in [-0.2, -0.15) is 5.10 Å². The summed E-state index contributed by atoms with van der Waals surface area (Å²) in [6.07, 6.45) is 4.88. The number of anilines is 1. The largest absolute Gasteiger partial charge is 0.404 e. The van der Waals surface area contributed by atoms with Crippen molar-refractivity contribution in [3.05, 3.63) is 42.1 Å². The fourth-order valence-electron chi connectivity index (χ4n) is 1.70. The van der Waals surface area contributed by atoms with E-state index in [4.69, 9.17) is 5.73 Å². The van der Waals surface area contributed by atoms with Crippen molar-refractivity contribution in [3.63, 3.8) is 0 Å². The Hall–Kier alpha value is -2.30. The molecule has 5 N–H and O–H groups in total. The quantitative estimate of drug-likeness (QED) is 0.731. The molecule has 0 spiro atoms. The Labute approximate surface area is 127 Å². The van der Waals surface area contributed by atoms with E-state index < -0.39 is 0 Å². The van der Waals surface area contributed by atoms with Crippen LogP contribution in [-0.4, -0.2) is 11.6 Å². The molecule has 0 saturated heterocycles. The molecular formula is C16H26N4O. The van der Waals surface area contributed by atoms with Crippen LogP contribution in [0, 0.1) is 0 Å². The van der Waals surface area contributed by atoms with E-state index in [-0.39, 0.29) is 5.91 Å². The summed E-state index contributed by atoms with van der Waals surface area (Å²) in [5, 5.41) is 4.36. The maximum Gasteiger partial charge on any atom is 0.214 e. The Bertz CT molecular complexity index is 462. The summed E-state index contributed by atoms with van der Waals surface area (Å²) in [7, 11) is 0. The first kappa shape index (κ1) is 18.7. The number of carbonyl (C=O) groups excluding carboxylic acids is 1. The van der Waals surface area contributed by atoms with E-state index in [2.05, 4.69) is 16.3 Å². The number of hydrogen-bond acceptors (Lipinski definition) is 4. The molecule has 1 amide bonds. The van der Waals surface area contributed by atoms with Crippen LogP contribution in [0.4, 0.5) is 5.69 Å². The molecule has 0 bridgehead atoms. The Morgan fingerprint density at radius 2 is 1.81 bits per heavy atom. The van der Waals surface area contributed by atoms with Crippen LogP contribution in [0.5, 0.6) is 0 Å². The fourth-order valence-corrected chi connectivity index (χ4v) is 1.70. The molecule has 0 unspecified atom stereocenters. The minimum Gasteiger partial charge on any atom is -0.404 e. The maximum atomic E-state index is 9.22. The molecule has 0 atom stereocenters. The third-order valence-corrected chi connectivity index (χ3v) is 2.53. The summed E-state index contributed by atoms with van der Waals surface area (Å²) >= 11 is 0. The lowest BCUT2D eigenvalue weighted by molar-refractivity contribution is -0.115. The highest BCUT2D eigenvalue weighted by atomic mass is 16.1. The molecule has 5 nitrogen and oxygen atoms in total. The second-order valence-electron chi connectivity index (χ2n) is 4.19. The molecule has 5 heteroatoms. The summed E-state index contributed by atoms with van der Waals surface area (Å²) in [5.74, 6) is -0.333. The topological polar surface area (TPSA) is 93.5 Å². The van der Waals surface area contributed by atoms with Gasteiger partial charge in [0.1, 0.15) is 0 Å². The van der Waals surface area contributed by atoms with Crippen molar-refractivity contribution in [1.82, 2.24) is 0 Å². The highest BCUT2D eigenvalue weighted by Crippen LogP contribution is 2.21. The van der Waals surface area contributed by atoms with Gasteiger partial charge in [-0.1, -0.05) is 32.0 Å². The van der Waals surface area contributed by atoms with Gasteiger partial charge < -0.3 is 11.5 Å². The number of rotatable bonds is 2. The molecule has 1 aliphatic rings. The van der Waals surface area contributed by atoms with Gasteiger partial charge in [-0.3, -0.25) is 10.2 Å². The Morgan fingerprint density at radius 1 is 1.24 bits per heavy atom. The number of hydrazone groups is 1. The van der Waals surface area contributed by atoms with Crippen LogP contribution in [0.1, 0.15) is 40.0 Å². The molecular weight excluding hydrogens is 264 g/mol. The summed E-state index contributed by atoms with van der Waals surface area (Å²) in [4.78, 5) is 9.22. The average Bonchev–Trinajstić information content (AvgIpc) is 2.95. The first-order valence-corrected chi connectivity index (χ1v) is 7.18. The summed E-state index contributed by atoms with van der Waals surface area (Å²) in [6, 6.07) is 9.93. The molecule has 1 saturated carbocycles. The molecule has 0 aliphatic heterocycles. The van der Waals surface area contributed by atoms with Gasteiger partial charge >= 0.3 is 0 Å². The number of allylic oxidation sites excluding steroid dienone is 1. The molecule has 116 valence electrons. The van der Waals surface area contributed by atoms with E-state index in [9.17, 15) is 4.79 Å². The van der Waals surface area contributed by atoms with Gasteiger partial charge in [0.2, 0.25) is 5.91 Å². The zero-order valence-electron chi connectivity index (χ0n) is 13.1. The van der Waals surface area contributed by atoms with E-state index in [1.54, 1.807) is 6.20 Å². The van der Waals surface area contributed by atoms with Crippen LogP contribution in [0.25, 0.3) is 0 Å². The van der Waals surface area contributed by atoms with Crippen LogP contribution in [0.2, 0.25) is 0 Å². The second kappa shape index (κ2) is 11.5. The number of hydrogen-bond donors (Lipinski definition) is 3. The Kier molecular flexibility index (Phi) is 10.3. The van der Waals surface area contributed by atoms with E-state index in [1.165, 1.54) is 12.5 Å². The average molecular weight is 290 g/mol. The van der Waals surface area contributed by atoms with Gasteiger partial charge in [-0.15, -0.1) is 0 Å². The van der Waals surface area contributed by atoms with Crippen LogP contribution in [-0.2, 0) is 4.79 Å². The molecule has 1 aliphatic carbocycles. The lowest BCUT2D eigenvalue weighted by Crippen LogP contribution is -2.01. The van der Waals surface area contributed by atoms with E-state index >= 15 is 0 Å². The lowest BCUT2D eigenvalue weighted by atomic mass is 10.2. The minimum absolute atomic E-state index is 0.333. The van der Waals surface area contributed by atoms with Gasteiger partial charge in [0.05, 0.1) is 11.4 Å². The smallest absolute Gasteiger partial charge is 0.214 e. The molecule has 1 fully saturated rings. The summed E-state index contributed by atoms with van der Waals surface area (Å²) < 4.78 is 0. The van der Waals surface area contributed by atoms with Gasteiger partial charge in [-0.25, -0.2) is 0 Å². The molecule has 2 rings (SSSR count). The van der Waals surface area contributed by atoms with Gasteiger partial charge in [0.25, 0.3) is 0 Å². The number of carbonyl (C=O) groups is 1. The Morgan fingerprint density at radius 3 is 2.33 bits per heavy atom. The van der Waals surface area contributed by atoms with E-state index in [0.717, 1.165) is 30.7 Å². The molecule has 0 heterocycles. The predicted molar refractivity (Wildman–Crippen MR) is 89.8 cm³/mol. The SMILES string of the molecule is CC.CC(N)=O.N/C=C1\CCC\C1=N\Nc1ccccc1. The number of nitrogens with two attached hydrogens (primary N) is 2. The van der Waals surface area contributed by atoms with Crippen molar-refractivity contribution in [1.29, 1.82) is 0 Å². The molecule has 1 aromatic carbocycles. The minimum atomic E-state index is -0.333. The lowest BCUT2D eigenvalue weighted by Gasteiger charge is -2.02. The van der Waals surface area contributed by atoms with Crippen LogP contribution < -0.4 is 16.9 Å². The summed E-state index contributed by atoms with van der Waals surface area (Å²) in [6.45, 7) is 5.31. The number of primary amides is 1. The van der Waals surface area contributed by atoms with Gasteiger partial charge in [-0.05, 0) is 43.2 Å².